The molecule has 1 unspecified atom stereocenters. The van der Waals surface area contributed by atoms with Crippen LogP contribution in [0.5, 0.6) is 0 Å². The smallest absolute Gasteiger partial charge is 0.0598 e. The van der Waals surface area contributed by atoms with Gasteiger partial charge < -0.3 is 5.32 Å². The van der Waals surface area contributed by atoms with Gasteiger partial charge in [0, 0.05) is 13.3 Å². The highest BCUT2D eigenvalue weighted by molar-refractivity contribution is 14.1. The van der Waals surface area contributed by atoms with Crippen LogP contribution in [0.4, 0.5) is 0 Å². The summed E-state index contributed by atoms with van der Waals surface area (Å²) in [5.41, 5.74) is 2.82. The molecule has 2 rings (SSSR count). The molecule has 3 heteroatoms. The third-order valence-corrected chi connectivity index (χ3v) is 5.17. The zero-order chi connectivity index (χ0) is 13.8. The lowest BCUT2D eigenvalue weighted by Gasteiger charge is -2.20. The zero-order valence-electron chi connectivity index (χ0n) is 11.7. The molecule has 0 radical (unpaired) electrons. The van der Waals surface area contributed by atoms with Crippen molar-refractivity contribution in [2.24, 2.45) is 0 Å². The molecule has 0 aliphatic rings. The molecule has 1 heterocycles. The minimum Gasteiger partial charge on any atom is -0.306 e. The van der Waals surface area contributed by atoms with Crippen molar-refractivity contribution in [3.8, 4) is 0 Å². The number of benzene rings is 1. The van der Waals surface area contributed by atoms with E-state index in [0.717, 1.165) is 13.0 Å². The molecule has 1 aromatic heterocycles. The van der Waals surface area contributed by atoms with E-state index in [1.165, 1.54) is 24.5 Å². The van der Waals surface area contributed by atoms with Crippen LogP contribution >= 0.6 is 33.9 Å². The Balaban J connectivity index is 2.41. The molecule has 0 saturated heterocycles. The van der Waals surface area contributed by atoms with Gasteiger partial charge in [0.25, 0.3) is 0 Å². The highest BCUT2D eigenvalue weighted by Gasteiger charge is 2.19. The summed E-state index contributed by atoms with van der Waals surface area (Å²) in [5, 5.41) is 3.70. The van der Waals surface area contributed by atoms with Gasteiger partial charge in [-0.3, -0.25) is 0 Å². The fraction of sp³-hybridized carbons (Fsp3) is 0.375. The number of hydrogen-bond donors (Lipinski definition) is 1. The first kappa shape index (κ1) is 15.0. The Hall–Kier alpha value is -0.390. The second-order valence-electron chi connectivity index (χ2n) is 4.78. The molecule has 0 fully saturated rings. The average molecular weight is 385 g/mol. The molecule has 19 heavy (non-hydrogen) atoms. The Morgan fingerprint density at radius 3 is 2.53 bits per heavy atom. The summed E-state index contributed by atoms with van der Waals surface area (Å²) in [6.07, 6.45) is 1.15. The molecule has 1 atom stereocenters. The van der Waals surface area contributed by atoms with Crippen molar-refractivity contribution in [1.82, 2.24) is 5.32 Å². The number of thiophene rings is 1. The van der Waals surface area contributed by atoms with Gasteiger partial charge in [-0.1, -0.05) is 25.1 Å². The number of nitrogens with one attached hydrogen (secondary N) is 1. The van der Waals surface area contributed by atoms with E-state index >= 15 is 0 Å². The largest absolute Gasteiger partial charge is 0.306 e. The molecule has 1 aromatic carbocycles. The highest BCUT2D eigenvalue weighted by atomic mass is 127. The molecular formula is C16H20INS. The average Bonchev–Trinajstić information content (AvgIpc) is 2.71. The summed E-state index contributed by atoms with van der Waals surface area (Å²) in [6, 6.07) is 11.3. The van der Waals surface area contributed by atoms with E-state index in [4.69, 9.17) is 0 Å². The summed E-state index contributed by atoms with van der Waals surface area (Å²) in [7, 11) is 0. The van der Waals surface area contributed by atoms with Gasteiger partial charge in [0.05, 0.1) is 6.04 Å². The Morgan fingerprint density at radius 1 is 1.21 bits per heavy atom. The van der Waals surface area contributed by atoms with Crippen LogP contribution in [0.3, 0.4) is 0 Å². The van der Waals surface area contributed by atoms with E-state index in [1.54, 1.807) is 0 Å². The first-order valence-electron chi connectivity index (χ1n) is 6.68. The van der Waals surface area contributed by atoms with Crippen LogP contribution in [-0.2, 0) is 0 Å². The Labute approximate surface area is 133 Å². The summed E-state index contributed by atoms with van der Waals surface area (Å²) in [5.74, 6) is 0. The molecule has 102 valence electrons. The molecule has 1 nitrogen and oxygen atoms in total. The van der Waals surface area contributed by atoms with Crippen LogP contribution in [0, 0.1) is 17.4 Å². The Bertz CT molecular complexity index is 547. The number of halogens is 1. The SMILES string of the molecule is CCCNC(c1ccccc1I)c1cc(C)sc1C. The quantitative estimate of drug-likeness (QED) is 0.710. The Morgan fingerprint density at radius 2 is 1.95 bits per heavy atom. The van der Waals surface area contributed by atoms with Crippen molar-refractivity contribution in [3.05, 3.63) is 54.8 Å². The van der Waals surface area contributed by atoms with Gasteiger partial charge in [-0.15, -0.1) is 11.3 Å². The van der Waals surface area contributed by atoms with Crippen LogP contribution < -0.4 is 5.32 Å². The molecule has 0 aliphatic heterocycles. The second kappa shape index (κ2) is 6.86. The molecule has 0 spiro atoms. The van der Waals surface area contributed by atoms with E-state index < -0.39 is 0 Å². The van der Waals surface area contributed by atoms with Crippen molar-refractivity contribution in [2.45, 2.75) is 33.2 Å². The van der Waals surface area contributed by atoms with Crippen molar-refractivity contribution in [1.29, 1.82) is 0 Å². The summed E-state index contributed by atoms with van der Waals surface area (Å²) < 4.78 is 1.33. The van der Waals surface area contributed by atoms with E-state index in [0.29, 0.717) is 6.04 Å². The van der Waals surface area contributed by atoms with Crippen LogP contribution in [0.1, 0.15) is 40.3 Å². The molecule has 0 bridgehead atoms. The first-order valence-corrected chi connectivity index (χ1v) is 8.57. The third kappa shape index (κ3) is 3.58. The summed E-state index contributed by atoms with van der Waals surface area (Å²) in [4.78, 5) is 2.81. The van der Waals surface area contributed by atoms with Crippen LogP contribution in [0.2, 0.25) is 0 Å². The standard InChI is InChI=1S/C16H20INS/c1-4-9-18-16(13-7-5-6-8-15(13)17)14-10-11(2)19-12(14)3/h5-8,10,16,18H,4,9H2,1-3H3. The van der Waals surface area contributed by atoms with Gasteiger partial charge >= 0.3 is 0 Å². The lowest BCUT2D eigenvalue weighted by molar-refractivity contribution is 0.596. The number of hydrogen-bond acceptors (Lipinski definition) is 2. The van der Waals surface area contributed by atoms with Gasteiger partial charge in [0.2, 0.25) is 0 Å². The second-order valence-corrected chi connectivity index (χ2v) is 7.40. The van der Waals surface area contributed by atoms with Gasteiger partial charge in [0.1, 0.15) is 0 Å². The van der Waals surface area contributed by atoms with Crippen molar-refractivity contribution in [2.75, 3.05) is 6.54 Å². The molecule has 0 aliphatic carbocycles. The van der Waals surface area contributed by atoms with Gasteiger partial charge in [-0.25, -0.2) is 0 Å². The van der Waals surface area contributed by atoms with Crippen molar-refractivity contribution < 1.29 is 0 Å². The maximum atomic E-state index is 3.70. The van der Waals surface area contributed by atoms with E-state index in [2.05, 4.69) is 79.0 Å². The molecule has 2 aromatic rings. The predicted molar refractivity (Wildman–Crippen MR) is 93.1 cm³/mol. The normalized spacial score (nSPS) is 12.6. The first-order chi connectivity index (χ1) is 9.13. The molecule has 0 saturated carbocycles. The van der Waals surface area contributed by atoms with Crippen LogP contribution in [-0.4, -0.2) is 6.54 Å². The van der Waals surface area contributed by atoms with E-state index in [1.807, 2.05) is 11.3 Å². The molecule has 1 N–H and O–H groups in total. The fourth-order valence-electron chi connectivity index (χ4n) is 2.32. The number of aryl methyl sites for hydroxylation is 2. The van der Waals surface area contributed by atoms with Crippen molar-refractivity contribution in [3.63, 3.8) is 0 Å². The zero-order valence-corrected chi connectivity index (χ0v) is 14.6. The Kier molecular flexibility index (Phi) is 5.42. The molecule has 0 amide bonds. The third-order valence-electron chi connectivity index (χ3n) is 3.21. The van der Waals surface area contributed by atoms with Crippen LogP contribution in [0.25, 0.3) is 0 Å². The van der Waals surface area contributed by atoms with Gasteiger partial charge in [-0.05, 0) is 72.7 Å². The minimum absolute atomic E-state index is 0.318. The maximum Gasteiger partial charge on any atom is 0.0598 e. The summed E-state index contributed by atoms with van der Waals surface area (Å²) >= 11 is 4.33. The van der Waals surface area contributed by atoms with Crippen molar-refractivity contribution >= 4 is 33.9 Å². The van der Waals surface area contributed by atoms with E-state index in [-0.39, 0.29) is 0 Å². The topological polar surface area (TPSA) is 12.0 Å². The van der Waals surface area contributed by atoms with Gasteiger partial charge in [-0.2, -0.15) is 0 Å². The number of rotatable bonds is 5. The molecular weight excluding hydrogens is 365 g/mol. The van der Waals surface area contributed by atoms with Crippen LogP contribution in [0.15, 0.2) is 30.3 Å². The minimum atomic E-state index is 0.318. The lowest BCUT2D eigenvalue weighted by Crippen LogP contribution is -2.24. The predicted octanol–water partition coefficient (Wildman–Crippen LogP) is 5.06. The van der Waals surface area contributed by atoms with Gasteiger partial charge in [0.15, 0.2) is 0 Å². The summed E-state index contributed by atoms with van der Waals surface area (Å²) in [6.45, 7) is 7.67. The highest BCUT2D eigenvalue weighted by Crippen LogP contribution is 2.32. The van der Waals surface area contributed by atoms with E-state index in [9.17, 15) is 0 Å². The monoisotopic (exact) mass is 385 g/mol. The fourth-order valence-corrected chi connectivity index (χ4v) is 3.98. The maximum absolute atomic E-state index is 3.70. The lowest BCUT2D eigenvalue weighted by atomic mass is 9.99.